The van der Waals surface area contributed by atoms with Gasteiger partial charge in [0.25, 0.3) is 0 Å². The van der Waals surface area contributed by atoms with Crippen molar-refractivity contribution in [2.24, 2.45) is 11.7 Å². The van der Waals surface area contributed by atoms with E-state index in [1.807, 2.05) is 13.8 Å². The Kier molecular flexibility index (Phi) is 8.55. The number of carboxylic acid groups (broad SMARTS) is 1. The SMILES string of the molecule is CCC(C)C(NC(=O)C(C)N)C(=O)NC(Cc1cnc[nH]1)C(=O)N1CCCC1C(=O)O. The van der Waals surface area contributed by atoms with E-state index in [4.69, 9.17) is 5.73 Å². The first-order chi connectivity index (χ1) is 14.6. The zero-order valence-electron chi connectivity index (χ0n) is 18.1. The van der Waals surface area contributed by atoms with Crippen LogP contribution in [-0.2, 0) is 25.6 Å². The van der Waals surface area contributed by atoms with Gasteiger partial charge in [0.2, 0.25) is 17.7 Å². The number of carbonyl (C=O) groups excluding carboxylic acids is 3. The summed E-state index contributed by atoms with van der Waals surface area (Å²) in [6, 6.07) is -3.60. The predicted molar refractivity (Wildman–Crippen MR) is 112 cm³/mol. The number of aromatic amines is 1. The monoisotopic (exact) mass is 436 g/mol. The molecule has 1 saturated heterocycles. The molecule has 1 aliphatic rings. The van der Waals surface area contributed by atoms with Gasteiger partial charge in [0.05, 0.1) is 12.4 Å². The Balaban J connectivity index is 2.24. The molecular weight excluding hydrogens is 404 g/mol. The Hall–Kier alpha value is -2.95. The van der Waals surface area contributed by atoms with Crippen LogP contribution >= 0.6 is 0 Å². The van der Waals surface area contributed by atoms with Gasteiger partial charge >= 0.3 is 5.97 Å². The number of imidazole rings is 1. The minimum absolute atomic E-state index is 0.113. The maximum Gasteiger partial charge on any atom is 0.326 e. The van der Waals surface area contributed by atoms with Crippen LogP contribution in [0.5, 0.6) is 0 Å². The van der Waals surface area contributed by atoms with E-state index in [1.54, 1.807) is 0 Å². The lowest BCUT2D eigenvalue weighted by Crippen LogP contribution is -2.59. The highest BCUT2D eigenvalue weighted by molar-refractivity contribution is 5.94. The van der Waals surface area contributed by atoms with Crippen LogP contribution in [0.25, 0.3) is 0 Å². The van der Waals surface area contributed by atoms with Gasteiger partial charge in [0, 0.05) is 24.9 Å². The fourth-order valence-electron chi connectivity index (χ4n) is 3.55. The van der Waals surface area contributed by atoms with Gasteiger partial charge in [-0.2, -0.15) is 0 Å². The van der Waals surface area contributed by atoms with Gasteiger partial charge in [-0.25, -0.2) is 9.78 Å². The lowest BCUT2D eigenvalue weighted by Gasteiger charge is -2.30. The summed E-state index contributed by atoms with van der Waals surface area (Å²) < 4.78 is 0. The van der Waals surface area contributed by atoms with Crippen molar-refractivity contribution in [1.29, 1.82) is 0 Å². The van der Waals surface area contributed by atoms with Crippen molar-refractivity contribution in [3.05, 3.63) is 18.2 Å². The number of nitrogens with one attached hydrogen (secondary N) is 3. The molecular formula is C20H32N6O5. The highest BCUT2D eigenvalue weighted by Gasteiger charge is 2.39. The molecule has 1 aromatic rings. The third kappa shape index (κ3) is 6.27. The van der Waals surface area contributed by atoms with Crippen LogP contribution in [0, 0.1) is 5.92 Å². The number of likely N-dealkylation sites (tertiary alicyclic amines) is 1. The van der Waals surface area contributed by atoms with Crippen molar-refractivity contribution in [2.45, 2.75) is 70.6 Å². The van der Waals surface area contributed by atoms with Gasteiger partial charge in [0.15, 0.2) is 0 Å². The Morgan fingerprint density at radius 3 is 2.55 bits per heavy atom. The summed E-state index contributed by atoms with van der Waals surface area (Å²) in [6.45, 7) is 5.53. The van der Waals surface area contributed by atoms with Crippen LogP contribution in [-0.4, -0.2) is 74.4 Å². The van der Waals surface area contributed by atoms with E-state index >= 15 is 0 Å². The number of hydrogen-bond donors (Lipinski definition) is 5. The van der Waals surface area contributed by atoms with Crippen LogP contribution < -0.4 is 16.4 Å². The lowest BCUT2D eigenvalue weighted by molar-refractivity contribution is -0.149. The highest BCUT2D eigenvalue weighted by atomic mass is 16.4. The van der Waals surface area contributed by atoms with E-state index in [0.29, 0.717) is 31.5 Å². The summed E-state index contributed by atoms with van der Waals surface area (Å²) in [5.41, 5.74) is 6.24. The number of hydrogen-bond acceptors (Lipinski definition) is 6. The maximum absolute atomic E-state index is 13.2. The Morgan fingerprint density at radius 2 is 2.00 bits per heavy atom. The molecule has 5 unspecified atom stereocenters. The van der Waals surface area contributed by atoms with Crippen molar-refractivity contribution in [3.63, 3.8) is 0 Å². The van der Waals surface area contributed by atoms with Crippen LogP contribution in [0.2, 0.25) is 0 Å². The van der Waals surface area contributed by atoms with E-state index in [9.17, 15) is 24.3 Å². The fourth-order valence-corrected chi connectivity index (χ4v) is 3.55. The molecule has 1 fully saturated rings. The molecule has 0 spiro atoms. The fraction of sp³-hybridized carbons (Fsp3) is 0.650. The quantitative estimate of drug-likeness (QED) is 0.326. The average molecular weight is 437 g/mol. The summed E-state index contributed by atoms with van der Waals surface area (Å²) in [6.07, 6.45) is 4.67. The van der Waals surface area contributed by atoms with E-state index in [1.165, 1.54) is 24.3 Å². The first kappa shape index (κ1) is 24.3. The Labute approximate surface area is 181 Å². The van der Waals surface area contributed by atoms with Crippen molar-refractivity contribution >= 4 is 23.7 Å². The molecule has 0 aliphatic carbocycles. The first-order valence-electron chi connectivity index (χ1n) is 10.5. The summed E-state index contributed by atoms with van der Waals surface area (Å²) in [5.74, 6) is -2.74. The number of aliphatic carboxylic acids is 1. The number of aromatic nitrogens is 2. The van der Waals surface area contributed by atoms with Crippen molar-refractivity contribution in [1.82, 2.24) is 25.5 Å². The molecule has 6 N–H and O–H groups in total. The number of rotatable bonds is 10. The first-order valence-corrected chi connectivity index (χ1v) is 10.5. The van der Waals surface area contributed by atoms with Gasteiger partial charge in [0.1, 0.15) is 18.1 Å². The summed E-state index contributed by atoms with van der Waals surface area (Å²) in [7, 11) is 0. The minimum Gasteiger partial charge on any atom is -0.480 e. The second-order valence-electron chi connectivity index (χ2n) is 8.03. The number of H-pyrrole nitrogens is 1. The smallest absolute Gasteiger partial charge is 0.326 e. The molecule has 31 heavy (non-hydrogen) atoms. The van der Waals surface area contributed by atoms with Crippen LogP contribution in [0.3, 0.4) is 0 Å². The molecule has 2 heterocycles. The number of nitrogens with zero attached hydrogens (tertiary/aromatic N) is 2. The molecule has 1 aromatic heterocycles. The third-order valence-corrected chi connectivity index (χ3v) is 5.62. The molecule has 0 aromatic carbocycles. The largest absolute Gasteiger partial charge is 0.480 e. The topological polar surface area (TPSA) is 171 Å². The van der Waals surface area contributed by atoms with Gasteiger partial charge in [-0.3, -0.25) is 14.4 Å². The average Bonchev–Trinajstić information content (AvgIpc) is 3.41. The van der Waals surface area contributed by atoms with Crippen LogP contribution in [0.4, 0.5) is 0 Å². The van der Waals surface area contributed by atoms with Gasteiger partial charge in [-0.1, -0.05) is 20.3 Å². The third-order valence-electron chi connectivity index (χ3n) is 5.62. The van der Waals surface area contributed by atoms with E-state index in [-0.39, 0.29) is 12.3 Å². The number of carbonyl (C=O) groups is 4. The van der Waals surface area contributed by atoms with Crippen molar-refractivity contribution in [3.8, 4) is 0 Å². The molecule has 0 bridgehead atoms. The minimum atomic E-state index is -1.07. The van der Waals surface area contributed by atoms with Crippen molar-refractivity contribution in [2.75, 3.05) is 6.54 Å². The van der Waals surface area contributed by atoms with E-state index < -0.39 is 47.9 Å². The molecule has 0 saturated carbocycles. The summed E-state index contributed by atoms with van der Waals surface area (Å²) in [5, 5.41) is 14.8. The standard InChI is InChI=1S/C20H32N6O5/c1-4-11(2)16(25-17(27)12(3)21)18(28)24-14(8-13-9-22-10-23-13)19(29)26-7-5-6-15(26)20(30)31/h9-12,14-16H,4-8,21H2,1-3H3,(H,22,23)(H,24,28)(H,25,27)(H,30,31). The molecule has 2 rings (SSSR count). The Bertz CT molecular complexity index is 781. The molecule has 1 aliphatic heterocycles. The molecule has 11 nitrogen and oxygen atoms in total. The maximum atomic E-state index is 13.2. The second-order valence-corrected chi connectivity index (χ2v) is 8.03. The second kappa shape index (κ2) is 10.9. The highest BCUT2D eigenvalue weighted by Crippen LogP contribution is 2.20. The number of amides is 3. The number of nitrogens with two attached hydrogens (primary N) is 1. The predicted octanol–water partition coefficient (Wildman–Crippen LogP) is -0.609. The van der Waals surface area contributed by atoms with Gasteiger partial charge in [-0.05, 0) is 25.7 Å². The van der Waals surface area contributed by atoms with Gasteiger partial charge in [-0.15, -0.1) is 0 Å². The normalized spacial score (nSPS) is 19.9. The summed E-state index contributed by atoms with van der Waals surface area (Å²) >= 11 is 0. The lowest BCUT2D eigenvalue weighted by atomic mass is 9.97. The molecule has 5 atom stereocenters. The van der Waals surface area contributed by atoms with E-state index in [0.717, 1.165) is 0 Å². The van der Waals surface area contributed by atoms with Crippen LogP contribution in [0.1, 0.15) is 45.7 Å². The molecule has 11 heteroatoms. The Morgan fingerprint density at radius 1 is 1.29 bits per heavy atom. The summed E-state index contributed by atoms with van der Waals surface area (Å²) in [4.78, 5) is 58.1. The molecule has 3 amide bonds. The number of carboxylic acids is 1. The van der Waals surface area contributed by atoms with Gasteiger partial charge < -0.3 is 31.4 Å². The zero-order valence-corrected chi connectivity index (χ0v) is 18.1. The van der Waals surface area contributed by atoms with E-state index in [2.05, 4.69) is 20.6 Å². The van der Waals surface area contributed by atoms with Crippen LogP contribution in [0.15, 0.2) is 12.5 Å². The molecule has 0 radical (unpaired) electrons. The van der Waals surface area contributed by atoms with Crippen molar-refractivity contribution < 1.29 is 24.3 Å². The molecule has 172 valence electrons. The zero-order chi connectivity index (χ0) is 23.1.